The zero-order chi connectivity index (χ0) is 19.1. The zero-order valence-electron chi connectivity index (χ0n) is 14.0. The Morgan fingerprint density at radius 1 is 1.12 bits per heavy atom. The number of aromatic amines is 1. The van der Waals surface area contributed by atoms with Crippen molar-refractivity contribution in [1.82, 2.24) is 10.2 Å². The first-order chi connectivity index (χ1) is 12.4. The average Bonchev–Trinajstić information content (AvgIpc) is 2.95. The fourth-order valence-corrected chi connectivity index (χ4v) is 2.48. The molecule has 1 aromatic carbocycles. The topological polar surface area (TPSA) is 90.5 Å². The number of nitrogens with one attached hydrogen (secondary N) is 1. The summed E-state index contributed by atoms with van der Waals surface area (Å²) in [6.07, 6.45) is 2.52. The molecule has 2 rings (SSSR count). The van der Waals surface area contributed by atoms with Crippen LogP contribution in [0.3, 0.4) is 0 Å². The Morgan fingerprint density at radius 2 is 1.77 bits per heavy atom. The molecule has 1 N–H and O–H groups in total. The number of benzene rings is 1. The van der Waals surface area contributed by atoms with Crippen molar-refractivity contribution >= 4 is 41.2 Å². The van der Waals surface area contributed by atoms with Gasteiger partial charge in [0.15, 0.2) is 5.69 Å². The predicted octanol–water partition coefficient (Wildman–Crippen LogP) is 4.26. The van der Waals surface area contributed by atoms with Gasteiger partial charge >= 0.3 is 11.9 Å². The van der Waals surface area contributed by atoms with E-state index >= 15 is 0 Å². The first-order valence-corrected chi connectivity index (χ1v) is 8.44. The Kier molecular flexibility index (Phi) is 7.06. The van der Waals surface area contributed by atoms with Crippen LogP contribution < -0.4 is 4.74 Å². The Morgan fingerprint density at radius 3 is 2.38 bits per heavy atom. The Hall–Kier alpha value is -2.51. The highest BCUT2D eigenvalue weighted by atomic mass is 35.5. The number of nitrogens with zero attached hydrogens (tertiary/aromatic N) is 1. The van der Waals surface area contributed by atoms with Crippen molar-refractivity contribution in [3.05, 3.63) is 45.6 Å². The van der Waals surface area contributed by atoms with Gasteiger partial charge in [-0.15, -0.1) is 0 Å². The molecule has 26 heavy (non-hydrogen) atoms. The summed E-state index contributed by atoms with van der Waals surface area (Å²) in [5.41, 5.74) is 0.197. The minimum Gasteiger partial charge on any atom is -0.463 e. The molecule has 0 aliphatic rings. The van der Waals surface area contributed by atoms with Gasteiger partial charge in [0.1, 0.15) is 5.75 Å². The van der Waals surface area contributed by atoms with Crippen LogP contribution in [0.4, 0.5) is 0 Å². The van der Waals surface area contributed by atoms with Gasteiger partial charge in [0.2, 0.25) is 5.88 Å². The molecule has 0 radical (unpaired) electrons. The van der Waals surface area contributed by atoms with Crippen molar-refractivity contribution in [2.45, 2.75) is 13.8 Å². The van der Waals surface area contributed by atoms with Crippen LogP contribution in [-0.4, -0.2) is 35.3 Å². The molecule has 0 unspecified atom stereocenters. The fourth-order valence-electron chi connectivity index (χ4n) is 1.97. The number of carbonyl (C=O) groups excluding carboxylic acids is 2. The van der Waals surface area contributed by atoms with Crippen molar-refractivity contribution < 1.29 is 23.8 Å². The molecule has 2 aromatic rings. The number of rotatable bonds is 7. The quantitative estimate of drug-likeness (QED) is 0.553. The lowest BCUT2D eigenvalue weighted by Crippen LogP contribution is -2.07. The molecule has 9 heteroatoms. The number of hydrogen-bond donors (Lipinski definition) is 1. The third-order valence-electron chi connectivity index (χ3n) is 2.97. The van der Waals surface area contributed by atoms with Crippen molar-refractivity contribution in [3.8, 4) is 11.6 Å². The third-order valence-corrected chi connectivity index (χ3v) is 3.40. The van der Waals surface area contributed by atoms with Gasteiger partial charge in [-0.1, -0.05) is 23.2 Å². The minimum atomic E-state index is -0.661. The van der Waals surface area contributed by atoms with Gasteiger partial charge in [-0.25, -0.2) is 14.7 Å². The molecule has 0 spiro atoms. The second-order valence-corrected chi connectivity index (χ2v) is 5.70. The van der Waals surface area contributed by atoms with Crippen molar-refractivity contribution in [2.75, 3.05) is 13.2 Å². The molecule has 0 aliphatic heterocycles. The van der Waals surface area contributed by atoms with Crippen LogP contribution >= 0.6 is 23.2 Å². The minimum absolute atomic E-state index is 0.0319. The molecule has 7 nitrogen and oxygen atoms in total. The van der Waals surface area contributed by atoms with E-state index in [0.29, 0.717) is 15.8 Å². The van der Waals surface area contributed by atoms with Gasteiger partial charge in [-0.3, -0.25) is 0 Å². The van der Waals surface area contributed by atoms with Gasteiger partial charge < -0.3 is 14.2 Å². The van der Waals surface area contributed by atoms with Crippen LogP contribution in [0.15, 0.2) is 24.3 Å². The van der Waals surface area contributed by atoms with Gasteiger partial charge in [0.05, 0.1) is 18.8 Å². The lowest BCUT2D eigenvalue weighted by Gasteiger charge is -2.06. The highest BCUT2D eigenvalue weighted by Gasteiger charge is 2.21. The smallest absolute Gasteiger partial charge is 0.359 e. The Labute approximate surface area is 159 Å². The number of H-pyrrole nitrogens is 1. The maximum atomic E-state index is 12.1. The van der Waals surface area contributed by atoms with Gasteiger partial charge in [0.25, 0.3) is 0 Å². The van der Waals surface area contributed by atoms with E-state index in [2.05, 4.69) is 10.2 Å². The van der Waals surface area contributed by atoms with Crippen LogP contribution in [0, 0.1) is 0 Å². The number of ether oxygens (including phenoxy) is 3. The van der Waals surface area contributed by atoms with E-state index in [1.54, 1.807) is 19.9 Å². The summed E-state index contributed by atoms with van der Waals surface area (Å²) < 4.78 is 15.5. The number of aromatic nitrogens is 2. The Bertz CT molecular complexity index is 812. The summed E-state index contributed by atoms with van der Waals surface area (Å²) in [7, 11) is 0. The van der Waals surface area contributed by atoms with E-state index in [1.165, 1.54) is 18.2 Å². The average molecular weight is 399 g/mol. The van der Waals surface area contributed by atoms with Crippen molar-refractivity contribution in [1.29, 1.82) is 0 Å². The highest BCUT2D eigenvalue weighted by molar-refractivity contribution is 6.34. The SMILES string of the molecule is CCOC(=O)/C=C/c1c(C(=O)OCC)n[nH]c1Oc1cc(Cl)cc(Cl)c1. The molecular weight excluding hydrogens is 383 g/mol. The van der Waals surface area contributed by atoms with E-state index in [9.17, 15) is 9.59 Å². The first-order valence-electron chi connectivity index (χ1n) is 7.68. The van der Waals surface area contributed by atoms with Gasteiger partial charge in [0, 0.05) is 16.1 Å². The van der Waals surface area contributed by atoms with Crippen LogP contribution in [0.25, 0.3) is 6.08 Å². The molecule has 0 bridgehead atoms. The molecular formula is C17H16Cl2N2O5. The van der Waals surface area contributed by atoms with Crippen LogP contribution in [0.2, 0.25) is 10.0 Å². The number of halogens is 2. The molecule has 0 saturated carbocycles. The van der Waals surface area contributed by atoms with E-state index < -0.39 is 11.9 Å². The third kappa shape index (κ3) is 5.24. The second kappa shape index (κ2) is 9.26. The lowest BCUT2D eigenvalue weighted by molar-refractivity contribution is -0.137. The molecule has 0 amide bonds. The molecule has 0 fully saturated rings. The molecule has 1 heterocycles. The summed E-state index contributed by atoms with van der Waals surface area (Å²) in [6, 6.07) is 4.63. The summed E-state index contributed by atoms with van der Waals surface area (Å²) >= 11 is 11.9. The second-order valence-electron chi connectivity index (χ2n) is 4.83. The first kappa shape index (κ1) is 19.8. The van der Waals surface area contributed by atoms with Crippen molar-refractivity contribution in [3.63, 3.8) is 0 Å². The zero-order valence-corrected chi connectivity index (χ0v) is 15.6. The molecule has 0 aliphatic carbocycles. The monoisotopic (exact) mass is 398 g/mol. The molecule has 1 aromatic heterocycles. The van der Waals surface area contributed by atoms with Gasteiger partial charge in [-0.05, 0) is 38.1 Å². The van der Waals surface area contributed by atoms with Crippen LogP contribution in [0.5, 0.6) is 11.6 Å². The van der Waals surface area contributed by atoms with Gasteiger partial charge in [-0.2, -0.15) is 5.10 Å². The maximum absolute atomic E-state index is 12.1. The van der Waals surface area contributed by atoms with Crippen LogP contribution in [-0.2, 0) is 14.3 Å². The molecule has 138 valence electrons. The highest BCUT2D eigenvalue weighted by Crippen LogP contribution is 2.31. The predicted molar refractivity (Wildman–Crippen MR) is 96.7 cm³/mol. The Balaban J connectivity index is 2.38. The molecule has 0 atom stereocenters. The van der Waals surface area contributed by atoms with Crippen LogP contribution in [0.1, 0.15) is 29.9 Å². The van der Waals surface area contributed by atoms with E-state index in [0.717, 1.165) is 6.08 Å². The molecule has 0 saturated heterocycles. The number of hydrogen-bond acceptors (Lipinski definition) is 6. The van der Waals surface area contributed by atoms with E-state index in [4.69, 9.17) is 37.4 Å². The fraction of sp³-hybridized carbons (Fsp3) is 0.235. The van der Waals surface area contributed by atoms with Crippen molar-refractivity contribution in [2.24, 2.45) is 0 Å². The summed E-state index contributed by atoms with van der Waals surface area (Å²) in [4.78, 5) is 23.6. The number of carbonyl (C=O) groups is 2. The largest absolute Gasteiger partial charge is 0.463 e. The lowest BCUT2D eigenvalue weighted by atomic mass is 10.2. The summed E-state index contributed by atoms with van der Waals surface area (Å²) in [6.45, 7) is 3.76. The standard InChI is InChI=1S/C17H16Cl2N2O5/c1-3-24-14(22)6-5-13-15(17(23)25-4-2)20-21-16(13)26-12-8-10(18)7-11(19)9-12/h5-9H,3-4H2,1-2H3,(H,20,21)/b6-5+. The summed E-state index contributed by atoms with van der Waals surface area (Å²) in [5, 5.41) is 7.25. The van der Waals surface area contributed by atoms with E-state index in [-0.39, 0.29) is 30.4 Å². The number of esters is 2. The van der Waals surface area contributed by atoms with E-state index in [1.807, 2.05) is 0 Å². The summed E-state index contributed by atoms with van der Waals surface area (Å²) in [5.74, 6) is -0.786. The normalized spacial score (nSPS) is 10.8. The maximum Gasteiger partial charge on any atom is 0.359 e.